The lowest BCUT2D eigenvalue weighted by atomic mass is 9.53. The van der Waals surface area contributed by atoms with Gasteiger partial charge in [-0.05, 0) is 5.31 Å². The number of rotatable bonds is 2. The minimum atomic E-state index is -2.12. The van der Waals surface area contributed by atoms with Gasteiger partial charge >= 0.3 is 0 Å². The van der Waals surface area contributed by atoms with Gasteiger partial charge in [-0.3, -0.25) is 0 Å². The monoisotopic (exact) mass is 236 g/mol. The van der Waals surface area contributed by atoms with Gasteiger partial charge in [0, 0.05) is 5.56 Å². The zero-order valence-electron chi connectivity index (χ0n) is 9.10. The highest BCUT2D eigenvalue weighted by Gasteiger charge is 2.33. The normalized spacial score (nSPS) is 11.8. The van der Waals surface area contributed by atoms with Crippen LogP contribution in [0.25, 0.3) is 0 Å². The molecule has 0 saturated heterocycles. The van der Waals surface area contributed by atoms with Crippen LogP contribution in [0.5, 0.6) is 0 Å². The highest BCUT2D eigenvalue weighted by atomic mass is 19.2. The Hall–Kier alpha value is -1.07. The maximum Gasteiger partial charge on any atom is 0.200 e. The highest BCUT2D eigenvalue weighted by molar-refractivity contribution is 6.38. The van der Waals surface area contributed by atoms with Crippen molar-refractivity contribution < 1.29 is 22.0 Å². The summed E-state index contributed by atoms with van der Waals surface area (Å²) < 4.78 is 65.3. The summed E-state index contributed by atoms with van der Waals surface area (Å²) in [4.78, 5) is 0. The highest BCUT2D eigenvalue weighted by Crippen LogP contribution is 2.31. The number of benzene rings is 1. The van der Waals surface area contributed by atoms with Gasteiger partial charge in [0.25, 0.3) is 0 Å². The lowest BCUT2D eigenvalue weighted by molar-refractivity contribution is 0.362. The first-order chi connectivity index (χ1) is 7.24. The minimum absolute atomic E-state index is 0.255. The van der Waals surface area contributed by atoms with Gasteiger partial charge in [0.2, 0.25) is 5.82 Å². The van der Waals surface area contributed by atoms with Crippen LogP contribution < -0.4 is 0 Å². The van der Waals surface area contributed by atoms with E-state index in [-0.39, 0.29) is 7.28 Å². The first-order valence-corrected chi connectivity index (χ1v) is 4.76. The maximum atomic E-state index is 13.4. The number of halogens is 5. The van der Waals surface area contributed by atoms with Crippen LogP contribution in [0, 0.1) is 29.1 Å². The van der Waals surface area contributed by atoms with Crippen molar-refractivity contribution >= 4 is 7.28 Å². The molecule has 16 heavy (non-hydrogen) atoms. The summed E-state index contributed by atoms with van der Waals surface area (Å²) in [6.45, 7) is 4.45. The summed E-state index contributed by atoms with van der Waals surface area (Å²) in [6, 6.07) is 0. The Labute approximate surface area is 90.7 Å². The first kappa shape index (κ1) is 13.0. The molecule has 1 rings (SSSR count). The summed E-state index contributed by atoms with van der Waals surface area (Å²) in [5, 5.41) is -1.11. The number of hydrogen-bond acceptors (Lipinski definition) is 0. The molecular formula is C10H10BF5. The van der Waals surface area contributed by atoms with Crippen LogP contribution in [0.3, 0.4) is 0 Å². The van der Waals surface area contributed by atoms with Crippen LogP contribution in [0.4, 0.5) is 22.0 Å². The van der Waals surface area contributed by atoms with E-state index in [4.69, 9.17) is 0 Å². The van der Waals surface area contributed by atoms with E-state index in [1.807, 2.05) is 0 Å². The molecule has 0 amide bonds. The minimum Gasteiger partial charge on any atom is -0.203 e. The third-order valence-corrected chi connectivity index (χ3v) is 2.77. The van der Waals surface area contributed by atoms with Crippen molar-refractivity contribution in [2.45, 2.75) is 26.0 Å². The van der Waals surface area contributed by atoms with E-state index in [0.717, 1.165) is 0 Å². The summed E-state index contributed by atoms with van der Waals surface area (Å²) in [5.74, 6) is -9.40. The molecule has 0 N–H and O–H groups in total. The fraction of sp³-hybridized carbons (Fsp3) is 0.400. The molecule has 0 spiro atoms. The van der Waals surface area contributed by atoms with Gasteiger partial charge in [-0.15, -0.1) is 0 Å². The van der Waals surface area contributed by atoms with E-state index in [1.165, 1.54) is 13.8 Å². The van der Waals surface area contributed by atoms with Crippen LogP contribution in [0.15, 0.2) is 0 Å². The van der Waals surface area contributed by atoms with Crippen LogP contribution in [-0.4, -0.2) is 7.28 Å². The van der Waals surface area contributed by atoms with E-state index in [2.05, 4.69) is 0 Å². The van der Waals surface area contributed by atoms with Crippen LogP contribution in [-0.2, 0) is 5.31 Å². The second kappa shape index (κ2) is 4.07. The Morgan fingerprint density at radius 1 is 0.750 bits per heavy atom. The largest absolute Gasteiger partial charge is 0.203 e. The molecule has 0 atom stereocenters. The second-order valence-corrected chi connectivity index (χ2v) is 4.18. The van der Waals surface area contributed by atoms with Gasteiger partial charge in [0.15, 0.2) is 23.3 Å². The van der Waals surface area contributed by atoms with Crippen molar-refractivity contribution in [1.29, 1.82) is 0 Å². The zero-order chi connectivity index (χ0) is 12.7. The Bertz CT molecular complexity index is 399. The fourth-order valence-corrected chi connectivity index (χ4v) is 1.38. The van der Waals surface area contributed by atoms with Gasteiger partial charge in [0.1, 0.15) is 7.28 Å². The summed E-state index contributed by atoms with van der Waals surface area (Å²) >= 11 is 0. The van der Waals surface area contributed by atoms with E-state index >= 15 is 0 Å². The molecule has 0 aliphatic heterocycles. The van der Waals surface area contributed by atoms with Crippen molar-refractivity contribution in [2.75, 3.05) is 0 Å². The molecule has 0 unspecified atom stereocenters. The van der Waals surface area contributed by atoms with Gasteiger partial charge in [-0.2, -0.15) is 0 Å². The van der Waals surface area contributed by atoms with Crippen LogP contribution in [0.2, 0.25) is 6.82 Å². The van der Waals surface area contributed by atoms with Crippen molar-refractivity contribution in [3.63, 3.8) is 0 Å². The molecule has 0 aliphatic rings. The predicted octanol–water partition coefficient (Wildman–Crippen LogP) is 3.10. The maximum absolute atomic E-state index is 13.4. The Kier molecular flexibility index (Phi) is 3.31. The number of hydrogen-bond donors (Lipinski definition) is 0. The quantitative estimate of drug-likeness (QED) is 0.320. The van der Waals surface area contributed by atoms with Gasteiger partial charge in [-0.25, -0.2) is 22.0 Å². The van der Waals surface area contributed by atoms with E-state index in [1.54, 1.807) is 6.82 Å². The standard InChI is InChI=1S/C10H10BF5/c1-10(2,11-3)4-5(12)7(14)9(16)8(15)6(4)13/h11H,1-3H3. The topological polar surface area (TPSA) is 0 Å². The summed E-state index contributed by atoms with van der Waals surface area (Å²) in [6.07, 6.45) is 0. The molecule has 0 aromatic heterocycles. The van der Waals surface area contributed by atoms with Gasteiger partial charge < -0.3 is 0 Å². The van der Waals surface area contributed by atoms with E-state index in [9.17, 15) is 22.0 Å². The second-order valence-electron chi connectivity index (χ2n) is 4.18. The SMILES string of the molecule is CBC(C)(C)c1c(F)c(F)c(F)c(F)c1F. The molecule has 1 aromatic carbocycles. The smallest absolute Gasteiger partial charge is 0.200 e. The Balaban J connectivity index is 3.65. The lowest BCUT2D eigenvalue weighted by Crippen LogP contribution is -2.28. The first-order valence-electron chi connectivity index (χ1n) is 4.76. The third kappa shape index (κ3) is 1.81. The molecule has 0 radical (unpaired) electrons. The van der Waals surface area contributed by atoms with Crippen molar-refractivity contribution in [1.82, 2.24) is 0 Å². The van der Waals surface area contributed by atoms with E-state index in [0.29, 0.717) is 0 Å². The Morgan fingerprint density at radius 2 is 1.06 bits per heavy atom. The molecule has 88 valence electrons. The zero-order valence-corrected chi connectivity index (χ0v) is 9.10. The van der Waals surface area contributed by atoms with Gasteiger partial charge in [0.05, 0.1) is 0 Å². The van der Waals surface area contributed by atoms with Crippen LogP contribution >= 0.6 is 0 Å². The van der Waals surface area contributed by atoms with Crippen molar-refractivity contribution in [2.24, 2.45) is 0 Å². The Morgan fingerprint density at radius 3 is 1.38 bits per heavy atom. The van der Waals surface area contributed by atoms with E-state index < -0.39 is 40.0 Å². The van der Waals surface area contributed by atoms with Crippen molar-refractivity contribution in [3.8, 4) is 0 Å². The average molecular weight is 236 g/mol. The molecule has 0 saturated carbocycles. The molecule has 0 bridgehead atoms. The lowest BCUT2D eigenvalue weighted by Gasteiger charge is -2.24. The summed E-state index contributed by atoms with van der Waals surface area (Å²) in [7, 11) is 0.255. The summed E-state index contributed by atoms with van der Waals surface area (Å²) in [5.41, 5.74) is -0.758. The molecule has 0 heterocycles. The molecule has 6 heteroatoms. The third-order valence-electron chi connectivity index (χ3n) is 2.77. The average Bonchev–Trinajstić information content (AvgIpc) is 2.23. The van der Waals surface area contributed by atoms with Crippen molar-refractivity contribution in [3.05, 3.63) is 34.6 Å². The molecule has 1 aromatic rings. The van der Waals surface area contributed by atoms with Crippen LogP contribution in [0.1, 0.15) is 19.4 Å². The molecule has 0 nitrogen and oxygen atoms in total. The molecule has 0 aliphatic carbocycles. The van der Waals surface area contributed by atoms with Gasteiger partial charge in [-0.1, -0.05) is 20.7 Å². The molecular weight excluding hydrogens is 226 g/mol. The fourth-order valence-electron chi connectivity index (χ4n) is 1.38. The predicted molar refractivity (Wildman–Crippen MR) is 52.3 cm³/mol. The molecule has 0 fully saturated rings.